The normalized spacial score (nSPS) is 18.9. The van der Waals surface area contributed by atoms with Crippen molar-refractivity contribution in [1.82, 2.24) is 0 Å². The average Bonchev–Trinajstić information content (AvgIpc) is 2.68. The van der Waals surface area contributed by atoms with Crippen molar-refractivity contribution in [2.45, 2.75) is 6.42 Å². The summed E-state index contributed by atoms with van der Waals surface area (Å²) >= 11 is 8.32. The van der Waals surface area contributed by atoms with Gasteiger partial charge in [-0.1, -0.05) is 16.7 Å². The lowest BCUT2D eigenvalue weighted by molar-refractivity contribution is -0.117. The molecule has 1 aromatic carbocycles. The fourth-order valence-electron chi connectivity index (χ4n) is 1.99. The van der Waals surface area contributed by atoms with Crippen molar-refractivity contribution in [2.24, 2.45) is 11.0 Å². The molecule has 1 unspecified atom stereocenters. The van der Waals surface area contributed by atoms with Crippen molar-refractivity contribution in [1.29, 1.82) is 0 Å². The Balaban J connectivity index is 2.18. The number of nitrogens with zero attached hydrogens (tertiary/aromatic N) is 4. The molecular weight excluding hydrogens is 367 g/mol. The van der Waals surface area contributed by atoms with Crippen molar-refractivity contribution >= 4 is 45.8 Å². The van der Waals surface area contributed by atoms with Crippen molar-refractivity contribution in [2.75, 3.05) is 18.0 Å². The number of hydrogen-bond acceptors (Lipinski definition) is 2. The Morgan fingerprint density at radius 2 is 2.39 bits per heavy atom. The fourth-order valence-corrected chi connectivity index (χ4v) is 2.95. The van der Waals surface area contributed by atoms with E-state index in [0.29, 0.717) is 24.5 Å². The number of anilines is 1. The highest BCUT2D eigenvalue weighted by atomic mass is 127. The minimum absolute atomic E-state index is 0.0243. The molecule has 2 rings (SSSR count). The lowest BCUT2D eigenvalue weighted by Gasteiger charge is -2.18. The van der Waals surface area contributed by atoms with E-state index in [1.807, 2.05) is 18.2 Å². The summed E-state index contributed by atoms with van der Waals surface area (Å²) < 4.78 is 1.03. The number of hydrogen-bond donors (Lipinski definition) is 0. The molecule has 0 saturated carbocycles. The standard InChI is InChI=1S/C11H10ClIN4O/c12-9-4-8(13)1-2-10(9)17-6-7(3-11(17)18)5-15-16-14/h1-2,4,7H,3,5-6H2. The van der Waals surface area contributed by atoms with Crippen LogP contribution < -0.4 is 4.90 Å². The molecule has 1 aliphatic rings. The van der Waals surface area contributed by atoms with Crippen molar-refractivity contribution < 1.29 is 4.79 Å². The molecule has 0 spiro atoms. The Kier molecular flexibility index (Phi) is 4.31. The maximum atomic E-state index is 11.9. The Morgan fingerprint density at radius 1 is 1.61 bits per heavy atom. The molecule has 5 nitrogen and oxygen atoms in total. The van der Waals surface area contributed by atoms with E-state index in [1.165, 1.54) is 0 Å². The molecule has 0 aromatic heterocycles. The molecule has 18 heavy (non-hydrogen) atoms. The minimum Gasteiger partial charge on any atom is -0.311 e. The van der Waals surface area contributed by atoms with Gasteiger partial charge in [0.15, 0.2) is 0 Å². The number of rotatable bonds is 3. The summed E-state index contributed by atoms with van der Waals surface area (Å²) in [7, 11) is 0. The Hall–Kier alpha value is -0.980. The quantitative estimate of drug-likeness (QED) is 0.344. The summed E-state index contributed by atoms with van der Waals surface area (Å²) in [6, 6.07) is 5.58. The number of amides is 1. The van der Waals surface area contributed by atoms with E-state index in [4.69, 9.17) is 17.1 Å². The summed E-state index contributed by atoms with van der Waals surface area (Å²) in [6.07, 6.45) is 0.404. The molecule has 1 heterocycles. The molecule has 94 valence electrons. The van der Waals surface area contributed by atoms with Crippen molar-refractivity contribution in [3.05, 3.63) is 37.2 Å². The van der Waals surface area contributed by atoms with Gasteiger partial charge in [0.05, 0.1) is 10.7 Å². The summed E-state index contributed by atoms with van der Waals surface area (Å²) in [5.41, 5.74) is 9.02. The molecule has 1 aliphatic heterocycles. The minimum atomic E-state index is 0.0243. The number of benzene rings is 1. The van der Waals surface area contributed by atoms with Crippen LogP contribution in [0.4, 0.5) is 5.69 Å². The lowest BCUT2D eigenvalue weighted by Crippen LogP contribution is -2.25. The number of halogens is 2. The van der Waals surface area contributed by atoms with Crippen LogP contribution in [0.5, 0.6) is 0 Å². The van der Waals surface area contributed by atoms with Gasteiger partial charge in [-0.3, -0.25) is 4.79 Å². The van der Waals surface area contributed by atoms with Gasteiger partial charge in [0.1, 0.15) is 0 Å². The van der Waals surface area contributed by atoms with Crippen molar-refractivity contribution in [3.63, 3.8) is 0 Å². The van der Waals surface area contributed by atoms with Crippen LogP contribution in [0.3, 0.4) is 0 Å². The van der Waals surface area contributed by atoms with Gasteiger partial charge >= 0.3 is 0 Å². The fraction of sp³-hybridized carbons (Fsp3) is 0.364. The molecule has 1 atom stereocenters. The van der Waals surface area contributed by atoms with Gasteiger partial charge in [-0.05, 0) is 52.2 Å². The molecule has 0 N–H and O–H groups in total. The van der Waals surface area contributed by atoms with E-state index in [0.717, 1.165) is 9.26 Å². The third-order valence-corrected chi connectivity index (χ3v) is 3.78. The monoisotopic (exact) mass is 376 g/mol. The predicted octanol–water partition coefficient (Wildman–Crippen LogP) is 3.61. The van der Waals surface area contributed by atoms with E-state index in [2.05, 4.69) is 32.6 Å². The van der Waals surface area contributed by atoms with E-state index in [9.17, 15) is 4.79 Å². The first-order valence-electron chi connectivity index (χ1n) is 5.38. The zero-order chi connectivity index (χ0) is 13.1. The number of carbonyl (C=O) groups is 1. The van der Waals surface area contributed by atoms with Crippen LogP contribution in [0, 0.1) is 9.49 Å². The molecule has 7 heteroatoms. The van der Waals surface area contributed by atoms with Gasteiger partial charge in [-0.2, -0.15) is 0 Å². The smallest absolute Gasteiger partial charge is 0.227 e. The van der Waals surface area contributed by atoms with Crippen molar-refractivity contribution in [3.8, 4) is 0 Å². The maximum Gasteiger partial charge on any atom is 0.227 e. The highest BCUT2D eigenvalue weighted by Crippen LogP contribution is 2.32. The highest BCUT2D eigenvalue weighted by molar-refractivity contribution is 14.1. The summed E-state index contributed by atoms with van der Waals surface area (Å²) in [5.74, 6) is 0.0972. The lowest BCUT2D eigenvalue weighted by atomic mass is 10.1. The topological polar surface area (TPSA) is 69.1 Å². The van der Waals surface area contributed by atoms with Gasteiger partial charge in [0.25, 0.3) is 0 Å². The zero-order valence-electron chi connectivity index (χ0n) is 9.38. The second-order valence-electron chi connectivity index (χ2n) is 4.08. The van der Waals surface area contributed by atoms with Gasteiger partial charge in [0, 0.05) is 28.0 Å². The summed E-state index contributed by atoms with van der Waals surface area (Å²) in [5, 5.41) is 4.09. The molecule has 1 aromatic rings. The Labute approximate surface area is 123 Å². The third kappa shape index (κ3) is 2.88. The van der Waals surface area contributed by atoms with E-state index >= 15 is 0 Å². The average molecular weight is 377 g/mol. The summed E-state index contributed by atoms with van der Waals surface area (Å²) in [6.45, 7) is 0.902. The first-order chi connectivity index (χ1) is 8.61. The van der Waals surface area contributed by atoms with Crippen LogP contribution in [0.1, 0.15) is 6.42 Å². The molecule has 0 bridgehead atoms. The first kappa shape index (κ1) is 13.5. The molecule has 0 aliphatic carbocycles. The zero-order valence-corrected chi connectivity index (χ0v) is 12.3. The van der Waals surface area contributed by atoms with Crippen LogP contribution in [0.15, 0.2) is 23.3 Å². The predicted molar refractivity (Wildman–Crippen MR) is 78.6 cm³/mol. The second-order valence-corrected chi connectivity index (χ2v) is 5.74. The summed E-state index contributed by atoms with van der Waals surface area (Å²) in [4.78, 5) is 16.3. The van der Waals surface area contributed by atoms with E-state index in [1.54, 1.807) is 4.90 Å². The molecular formula is C11H10ClIN4O. The second kappa shape index (κ2) is 5.77. The van der Waals surface area contributed by atoms with E-state index < -0.39 is 0 Å². The van der Waals surface area contributed by atoms with Crippen LogP contribution in [-0.2, 0) is 4.79 Å². The van der Waals surface area contributed by atoms with Gasteiger partial charge in [-0.25, -0.2) is 0 Å². The van der Waals surface area contributed by atoms with Crippen LogP contribution in [-0.4, -0.2) is 19.0 Å². The van der Waals surface area contributed by atoms with E-state index in [-0.39, 0.29) is 11.8 Å². The third-order valence-electron chi connectivity index (χ3n) is 2.81. The number of azide groups is 1. The first-order valence-corrected chi connectivity index (χ1v) is 6.83. The van der Waals surface area contributed by atoms with Gasteiger partial charge in [0.2, 0.25) is 5.91 Å². The molecule has 0 radical (unpaired) electrons. The van der Waals surface area contributed by atoms with Crippen LogP contribution >= 0.6 is 34.2 Å². The van der Waals surface area contributed by atoms with Crippen LogP contribution in [0.25, 0.3) is 10.4 Å². The van der Waals surface area contributed by atoms with Gasteiger partial charge < -0.3 is 4.90 Å². The highest BCUT2D eigenvalue weighted by Gasteiger charge is 2.31. The van der Waals surface area contributed by atoms with Gasteiger partial charge in [-0.15, -0.1) is 0 Å². The molecule has 1 amide bonds. The SMILES string of the molecule is [N-]=[N+]=NCC1CC(=O)N(c2ccc(I)cc2Cl)C1. The molecule has 1 fully saturated rings. The Morgan fingerprint density at radius 3 is 3.06 bits per heavy atom. The Bertz CT molecular complexity index is 530. The number of carbonyl (C=O) groups excluding carboxylic acids is 1. The maximum absolute atomic E-state index is 11.9. The molecule has 1 saturated heterocycles. The van der Waals surface area contributed by atoms with Crippen LogP contribution in [0.2, 0.25) is 5.02 Å². The largest absolute Gasteiger partial charge is 0.311 e.